The van der Waals surface area contributed by atoms with Gasteiger partial charge in [-0.2, -0.15) is 0 Å². The van der Waals surface area contributed by atoms with Gasteiger partial charge in [-0.25, -0.2) is 0 Å². The Hall–Kier alpha value is -2.33. The van der Waals surface area contributed by atoms with Crippen molar-refractivity contribution in [2.75, 3.05) is 103 Å². The molecule has 0 saturated heterocycles. The van der Waals surface area contributed by atoms with Crippen LogP contribution in [0.15, 0.2) is 38.0 Å². The van der Waals surface area contributed by atoms with Crippen molar-refractivity contribution in [1.29, 1.82) is 0 Å². The lowest BCUT2D eigenvalue weighted by Crippen LogP contribution is -3.00. The third-order valence-corrected chi connectivity index (χ3v) is 4.47. The second-order valence-corrected chi connectivity index (χ2v) is 12.8. The molecule has 250 valence electrons. The van der Waals surface area contributed by atoms with Crippen molar-refractivity contribution >= 4 is 28.1 Å². The smallest absolute Gasteiger partial charge is 0.243 e. The van der Waals surface area contributed by atoms with Gasteiger partial charge in [-0.3, -0.25) is 22.8 Å². The molecule has 0 heterocycles. The first-order valence-electron chi connectivity index (χ1n) is 13.2. The van der Waals surface area contributed by atoms with Crippen molar-refractivity contribution in [1.82, 2.24) is 16.0 Å². The molecule has 0 radical (unpaired) electrons. The highest BCUT2D eigenvalue weighted by atomic mass is 35.5. The number of rotatable bonds is 15. The fourth-order valence-electron chi connectivity index (χ4n) is 2.51. The molecule has 0 aliphatic rings. The van der Waals surface area contributed by atoms with Gasteiger partial charge in [0.1, 0.15) is 0 Å². The van der Waals surface area contributed by atoms with E-state index in [1.54, 1.807) is 0 Å². The molecule has 0 aromatic heterocycles. The minimum absolute atomic E-state index is 0. The average Bonchev–Trinajstić information content (AvgIpc) is 2.79. The van der Waals surface area contributed by atoms with E-state index >= 15 is 0 Å². The maximum absolute atomic E-state index is 10.7. The standard InChI is InChI=1S/3C9H18N2O.ClH.H2O4S/c3*1-5-9(12)10-7-6-8-11(2,3)4;;1-5(2,3)4/h3*5H,1,6-8H2,2-4H3;1H;(H2,1,2,3,4). The number of amides is 3. The van der Waals surface area contributed by atoms with Crippen LogP contribution in [0.25, 0.3) is 0 Å². The minimum atomic E-state index is -5.17. The van der Waals surface area contributed by atoms with Crippen molar-refractivity contribution < 1.29 is 57.8 Å². The van der Waals surface area contributed by atoms with Crippen LogP contribution in [-0.2, 0) is 24.8 Å². The summed E-state index contributed by atoms with van der Waals surface area (Å²) in [6.07, 6.45) is 6.90. The van der Waals surface area contributed by atoms with Gasteiger partial charge in [0.2, 0.25) is 17.7 Å². The Morgan fingerprint density at radius 1 is 0.571 bits per heavy atom. The van der Waals surface area contributed by atoms with Crippen molar-refractivity contribution in [2.45, 2.75) is 19.3 Å². The number of quaternary nitrogens is 3. The summed E-state index contributed by atoms with van der Waals surface area (Å²) in [6.45, 7) is 15.5. The van der Waals surface area contributed by atoms with Gasteiger partial charge in [-0.05, 0) is 18.2 Å². The molecule has 0 rings (SSSR count). The van der Waals surface area contributed by atoms with Crippen LogP contribution >= 0.6 is 0 Å². The Morgan fingerprint density at radius 2 is 0.738 bits per heavy atom. The van der Waals surface area contributed by atoms with Gasteiger partial charge in [-0.15, -0.1) is 0 Å². The number of nitrogens with zero attached hydrogens (tertiary/aromatic N) is 3. The fourth-order valence-corrected chi connectivity index (χ4v) is 2.51. The van der Waals surface area contributed by atoms with E-state index in [4.69, 9.17) is 17.5 Å². The van der Waals surface area contributed by atoms with Crippen LogP contribution in [0.5, 0.6) is 0 Å². The van der Waals surface area contributed by atoms with Gasteiger partial charge in [0.25, 0.3) is 0 Å². The van der Waals surface area contributed by atoms with Crippen molar-refractivity contribution in [2.24, 2.45) is 0 Å². The van der Waals surface area contributed by atoms with Crippen LogP contribution in [0.2, 0.25) is 0 Å². The topological polar surface area (TPSA) is 168 Å². The van der Waals surface area contributed by atoms with Crippen molar-refractivity contribution in [3.8, 4) is 0 Å². The van der Waals surface area contributed by atoms with E-state index in [-0.39, 0.29) is 30.1 Å². The molecule has 0 bridgehead atoms. The largest absolute Gasteiger partial charge is 1.00 e. The molecule has 0 aromatic rings. The minimum Gasteiger partial charge on any atom is -1.00 e. The zero-order valence-electron chi connectivity index (χ0n) is 27.2. The molecule has 0 aliphatic carbocycles. The Bertz CT molecular complexity index is 781. The van der Waals surface area contributed by atoms with Gasteiger partial charge >= 0.3 is 0 Å². The molecule has 0 fully saturated rings. The van der Waals surface area contributed by atoms with Crippen LogP contribution in [0.3, 0.4) is 0 Å². The molecular weight excluding hydrogens is 588 g/mol. The Balaban J connectivity index is -0.000000149. The zero-order chi connectivity index (χ0) is 33.3. The highest BCUT2D eigenvalue weighted by Gasteiger charge is 2.07. The monoisotopic (exact) mass is 644 g/mol. The van der Waals surface area contributed by atoms with Crippen LogP contribution in [0, 0.1) is 0 Å². The number of halogens is 1. The van der Waals surface area contributed by atoms with Gasteiger partial charge in [0.05, 0.1) is 83.1 Å². The number of carbonyl (C=O) groups excluding carboxylic acids is 3. The number of hydrogen-bond donors (Lipinski definition) is 3. The van der Waals surface area contributed by atoms with Gasteiger partial charge in [-0.1, -0.05) is 19.7 Å². The second kappa shape index (κ2) is 26.3. The third-order valence-electron chi connectivity index (χ3n) is 4.47. The summed E-state index contributed by atoms with van der Waals surface area (Å²) >= 11 is 0. The van der Waals surface area contributed by atoms with E-state index in [0.717, 1.165) is 72.0 Å². The van der Waals surface area contributed by atoms with Crippen molar-refractivity contribution in [3.05, 3.63) is 38.0 Å². The van der Waals surface area contributed by atoms with E-state index in [0.29, 0.717) is 0 Å². The van der Waals surface area contributed by atoms with E-state index in [9.17, 15) is 14.4 Å². The van der Waals surface area contributed by atoms with Gasteiger partial charge < -0.3 is 50.9 Å². The third kappa shape index (κ3) is 66.2. The summed E-state index contributed by atoms with van der Waals surface area (Å²) in [5.41, 5.74) is 0. The average molecular weight is 645 g/mol. The first-order valence-corrected chi connectivity index (χ1v) is 14.5. The highest BCUT2D eigenvalue weighted by Crippen LogP contribution is 1.93. The summed E-state index contributed by atoms with van der Waals surface area (Å²) in [4.78, 5) is 32.1. The van der Waals surface area contributed by atoms with Crippen LogP contribution in [0.1, 0.15) is 19.3 Å². The molecule has 0 atom stereocenters. The number of carbonyl (C=O) groups is 3. The predicted molar refractivity (Wildman–Crippen MR) is 163 cm³/mol. The molecule has 0 aromatic carbocycles. The summed E-state index contributed by atoms with van der Waals surface area (Å²) in [5, 5.41) is 8.21. The lowest BCUT2D eigenvalue weighted by Gasteiger charge is -2.23. The van der Waals surface area contributed by atoms with E-state index < -0.39 is 10.4 Å². The maximum Gasteiger partial charge on any atom is 0.243 e. The first kappa shape index (κ1) is 49.4. The van der Waals surface area contributed by atoms with Crippen LogP contribution < -0.4 is 28.4 Å². The Labute approximate surface area is 261 Å². The quantitative estimate of drug-likeness (QED) is 0.0555. The van der Waals surface area contributed by atoms with E-state index in [1.165, 1.54) is 18.2 Å². The first-order chi connectivity index (χ1) is 18.4. The SMILES string of the molecule is C=CC(=O)NCCC[N+](C)(C)C.C=CC(=O)NCCC[N+](C)(C)C.C=CC(=O)NCCC[N+](C)(C)C.O=S(=O)([O-])[O-].[Cl-]. The van der Waals surface area contributed by atoms with Gasteiger partial charge in [0, 0.05) is 49.3 Å². The Kier molecular flexibility index (Phi) is 30.9. The summed E-state index contributed by atoms with van der Waals surface area (Å²) < 4.78 is 36.9. The molecule has 0 spiro atoms. The molecule has 42 heavy (non-hydrogen) atoms. The fraction of sp³-hybridized carbons (Fsp3) is 0.667. The van der Waals surface area contributed by atoms with Crippen LogP contribution in [0.4, 0.5) is 0 Å². The Morgan fingerprint density at radius 3 is 0.857 bits per heavy atom. The number of nitrogens with one attached hydrogen (secondary N) is 3. The lowest BCUT2D eigenvalue weighted by atomic mass is 10.3. The zero-order valence-corrected chi connectivity index (χ0v) is 28.8. The van der Waals surface area contributed by atoms with Gasteiger partial charge in [0.15, 0.2) is 0 Å². The second-order valence-electron chi connectivity index (χ2n) is 12.0. The molecular formula is C27H57ClN6O7S. The molecule has 13 nitrogen and oxygen atoms in total. The maximum atomic E-state index is 10.7. The van der Waals surface area contributed by atoms with E-state index in [2.05, 4.69) is 99.1 Å². The number of hydrogen-bond acceptors (Lipinski definition) is 7. The molecule has 0 unspecified atom stereocenters. The lowest BCUT2D eigenvalue weighted by molar-refractivity contribution is -0.870. The molecule has 0 saturated carbocycles. The van der Waals surface area contributed by atoms with Crippen molar-refractivity contribution in [3.63, 3.8) is 0 Å². The van der Waals surface area contributed by atoms with E-state index in [1.807, 2.05) is 0 Å². The molecule has 15 heteroatoms. The molecule has 0 aliphatic heterocycles. The molecule has 3 amide bonds. The molecule has 3 N–H and O–H groups in total. The van der Waals surface area contributed by atoms with Crippen LogP contribution in [-0.4, -0.2) is 151 Å². The normalized spacial score (nSPS) is 10.7. The summed E-state index contributed by atoms with van der Waals surface area (Å²) in [7, 11) is 14.0. The predicted octanol–water partition coefficient (Wildman–Crippen LogP) is -3.18. The highest BCUT2D eigenvalue weighted by molar-refractivity contribution is 7.79. The summed E-state index contributed by atoms with van der Waals surface area (Å²) in [6, 6.07) is 0. The summed E-state index contributed by atoms with van der Waals surface area (Å²) in [5.74, 6) is -0.260.